The van der Waals surface area contributed by atoms with Crippen molar-refractivity contribution in [2.45, 2.75) is 41.2 Å². The number of benzene rings is 1. The normalized spacial score (nSPS) is 8.87. The van der Waals surface area contributed by atoms with Crippen molar-refractivity contribution in [2.75, 3.05) is 0 Å². The van der Waals surface area contributed by atoms with Crippen LogP contribution in [0.1, 0.15) is 37.5 Å². The van der Waals surface area contributed by atoms with Crippen LogP contribution in [0.15, 0.2) is 18.2 Å². The second kappa shape index (κ2) is 7.04. The highest BCUT2D eigenvalue weighted by molar-refractivity contribution is 5.72. The third kappa shape index (κ3) is 5.21. The average molecular weight is 207 g/mol. The maximum atomic E-state index is 10.7. The zero-order valence-electron chi connectivity index (χ0n) is 10.3. The molecule has 0 aliphatic carbocycles. The summed E-state index contributed by atoms with van der Waals surface area (Å²) >= 11 is 0. The molecule has 1 amide bonds. The topological polar surface area (TPSA) is 29.1 Å². The number of hydrogen-bond acceptors (Lipinski definition) is 1. The van der Waals surface area contributed by atoms with Crippen molar-refractivity contribution >= 4 is 5.91 Å². The fourth-order valence-corrected chi connectivity index (χ4v) is 1.14. The van der Waals surface area contributed by atoms with E-state index >= 15 is 0 Å². The predicted octanol–water partition coefficient (Wildman–Crippen LogP) is 2.97. The molecule has 2 nitrogen and oxygen atoms in total. The van der Waals surface area contributed by atoms with Crippen molar-refractivity contribution in [1.29, 1.82) is 0 Å². The molecular formula is C13H21NO. The van der Waals surface area contributed by atoms with Crippen LogP contribution in [-0.4, -0.2) is 5.91 Å². The summed E-state index contributed by atoms with van der Waals surface area (Å²) in [5, 5.41) is 2.77. The van der Waals surface area contributed by atoms with E-state index in [-0.39, 0.29) is 5.91 Å². The van der Waals surface area contributed by atoms with Gasteiger partial charge < -0.3 is 5.32 Å². The van der Waals surface area contributed by atoms with Crippen LogP contribution in [0.5, 0.6) is 0 Å². The van der Waals surface area contributed by atoms with E-state index < -0.39 is 0 Å². The number of aryl methyl sites for hydroxylation is 2. The molecule has 0 aliphatic rings. The van der Waals surface area contributed by atoms with Gasteiger partial charge >= 0.3 is 0 Å². The van der Waals surface area contributed by atoms with Gasteiger partial charge in [0, 0.05) is 13.5 Å². The van der Waals surface area contributed by atoms with Crippen LogP contribution in [-0.2, 0) is 11.3 Å². The lowest BCUT2D eigenvalue weighted by Gasteiger charge is -2.05. The first-order chi connectivity index (χ1) is 7.09. The SMILES string of the molecule is CC.CC(=O)NCc1ccc(C)c(C)c1. The van der Waals surface area contributed by atoms with Gasteiger partial charge in [-0.2, -0.15) is 0 Å². The van der Waals surface area contributed by atoms with E-state index in [0.717, 1.165) is 5.56 Å². The lowest BCUT2D eigenvalue weighted by Crippen LogP contribution is -2.18. The monoisotopic (exact) mass is 207 g/mol. The highest BCUT2D eigenvalue weighted by atomic mass is 16.1. The number of nitrogens with one attached hydrogen (secondary N) is 1. The minimum Gasteiger partial charge on any atom is -0.352 e. The zero-order valence-corrected chi connectivity index (χ0v) is 10.3. The molecule has 0 radical (unpaired) electrons. The number of rotatable bonds is 2. The van der Waals surface area contributed by atoms with Gasteiger partial charge in [-0.25, -0.2) is 0 Å². The maximum Gasteiger partial charge on any atom is 0.217 e. The standard InChI is InChI=1S/C11H15NO.C2H6/c1-8-4-5-11(6-9(8)2)7-12-10(3)13;1-2/h4-6H,7H2,1-3H3,(H,12,13);1-2H3. The fraction of sp³-hybridized carbons (Fsp3) is 0.462. The first-order valence-electron chi connectivity index (χ1n) is 5.40. The summed E-state index contributed by atoms with van der Waals surface area (Å²) in [6.07, 6.45) is 0. The van der Waals surface area contributed by atoms with Gasteiger partial charge in [0.2, 0.25) is 5.91 Å². The highest BCUT2D eigenvalue weighted by Gasteiger charge is 1.96. The van der Waals surface area contributed by atoms with Gasteiger partial charge in [-0.15, -0.1) is 0 Å². The number of amides is 1. The smallest absolute Gasteiger partial charge is 0.217 e. The second-order valence-electron chi connectivity index (χ2n) is 3.33. The Morgan fingerprint density at radius 1 is 1.20 bits per heavy atom. The summed E-state index contributed by atoms with van der Waals surface area (Å²) in [6, 6.07) is 6.22. The molecule has 0 heterocycles. The molecule has 84 valence electrons. The van der Waals surface area contributed by atoms with Crippen molar-refractivity contribution in [3.63, 3.8) is 0 Å². The van der Waals surface area contributed by atoms with Crippen LogP contribution in [0, 0.1) is 13.8 Å². The van der Waals surface area contributed by atoms with E-state index in [0.29, 0.717) is 6.54 Å². The van der Waals surface area contributed by atoms with Crippen LogP contribution in [0.25, 0.3) is 0 Å². The molecule has 0 saturated carbocycles. The molecule has 0 aliphatic heterocycles. The number of hydrogen-bond donors (Lipinski definition) is 1. The fourth-order valence-electron chi connectivity index (χ4n) is 1.14. The third-order valence-electron chi connectivity index (χ3n) is 2.11. The van der Waals surface area contributed by atoms with Gasteiger partial charge in [-0.05, 0) is 30.5 Å². The minimum absolute atomic E-state index is 0.0122. The van der Waals surface area contributed by atoms with Crippen molar-refractivity contribution < 1.29 is 4.79 Å². The van der Waals surface area contributed by atoms with E-state index in [1.54, 1.807) is 0 Å². The molecule has 1 aromatic carbocycles. The van der Waals surface area contributed by atoms with Crippen LogP contribution in [0.2, 0.25) is 0 Å². The summed E-state index contributed by atoms with van der Waals surface area (Å²) < 4.78 is 0. The number of carbonyl (C=O) groups excluding carboxylic acids is 1. The number of carbonyl (C=O) groups is 1. The minimum atomic E-state index is 0.0122. The van der Waals surface area contributed by atoms with Gasteiger partial charge in [0.15, 0.2) is 0 Å². The molecule has 1 rings (SSSR count). The molecule has 0 unspecified atom stereocenters. The summed E-state index contributed by atoms with van der Waals surface area (Å²) in [7, 11) is 0. The van der Waals surface area contributed by atoms with Gasteiger partial charge in [-0.1, -0.05) is 32.0 Å². The molecular weight excluding hydrogens is 186 g/mol. The van der Waals surface area contributed by atoms with Crippen molar-refractivity contribution in [3.8, 4) is 0 Å². The average Bonchev–Trinajstić information content (AvgIpc) is 2.23. The van der Waals surface area contributed by atoms with Crippen LogP contribution < -0.4 is 5.32 Å². The second-order valence-corrected chi connectivity index (χ2v) is 3.33. The Kier molecular flexibility index (Phi) is 6.43. The summed E-state index contributed by atoms with van der Waals surface area (Å²) in [4.78, 5) is 10.7. The summed E-state index contributed by atoms with van der Waals surface area (Å²) in [5.41, 5.74) is 3.70. The van der Waals surface area contributed by atoms with E-state index in [9.17, 15) is 4.79 Å². The van der Waals surface area contributed by atoms with E-state index in [1.807, 2.05) is 19.9 Å². The molecule has 0 fully saturated rings. The Morgan fingerprint density at radius 2 is 1.80 bits per heavy atom. The molecule has 15 heavy (non-hydrogen) atoms. The summed E-state index contributed by atoms with van der Waals surface area (Å²) in [6.45, 7) is 10.3. The van der Waals surface area contributed by atoms with Crippen LogP contribution in [0.4, 0.5) is 0 Å². The zero-order chi connectivity index (χ0) is 11.8. The van der Waals surface area contributed by atoms with Gasteiger partial charge in [-0.3, -0.25) is 4.79 Å². The Morgan fingerprint density at radius 3 is 2.27 bits per heavy atom. The predicted molar refractivity (Wildman–Crippen MR) is 64.8 cm³/mol. The van der Waals surface area contributed by atoms with Crippen molar-refractivity contribution in [3.05, 3.63) is 34.9 Å². The largest absolute Gasteiger partial charge is 0.352 e. The maximum absolute atomic E-state index is 10.7. The van der Waals surface area contributed by atoms with Gasteiger partial charge in [0.1, 0.15) is 0 Å². The molecule has 0 aromatic heterocycles. The lowest BCUT2D eigenvalue weighted by molar-refractivity contribution is -0.119. The lowest BCUT2D eigenvalue weighted by atomic mass is 10.1. The van der Waals surface area contributed by atoms with Crippen LogP contribution in [0.3, 0.4) is 0 Å². The molecule has 0 bridgehead atoms. The molecule has 1 aromatic rings. The Hall–Kier alpha value is -1.31. The van der Waals surface area contributed by atoms with E-state index in [1.165, 1.54) is 18.1 Å². The molecule has 0 saturated heterocycles. The van der Waals surface area contributed by atoms with Crippen molar-refractivity contribution in [1.82, 2.24) is 5.32 Å². The van der Waals surface area contributed by atoms with Gasteiger partial charge in [0.05, 0.1) is 0 Å². The molecule has 1 N–H and O–H groups in total. The van der Waals surface area contributed by atoms with E-state index in [2.05, 4.69) is 31.3 Å². The van der Waals surface area contributed by atoms with Crippen molar-refractivity contribution in [2.24, 2.45) is 0 Å². The highest BCUT2D eigenvalue weighted by Crippen LogP contribution is 2.09. The summed E-state index contributed by atoms with van der Waals surface area (Å²) in [5.74, 6) is 0.0122. The van der Waals surface area contributed by atoms with Crippen LogP contribution >= 0.6 is 0 Å². The first-order valence-corrected chi connectivity index (χ1v) is 5.40. The molecule has 0 atom stereocenters. The first kappa shape index (κ1) is 13.7. The third-order valence-corrected chi connectivity index (χ3v) is 2.11. The Bertz CT molecular complexity index is 318. The Labute approximate surface area is 92.7 Å². The quantitative estimate of drug-likeness (QED) is 0.793. The molecule has 2 heteroatoms. The van der Waals surface area contributed by atoms with Gasteiger partial charge in [0.25, 0.3) is 0 Å². The van der Waals surface area contributed by atoms with E-state index in [4.69, 9.17) is 0 Å². The Balaban J connectivity index is 0.000000921. The molecule has 0 spiro atoms.